The second-order valence-electron chi connectivity index (χ2n) is 8.73. The SMILES string of the molecule is CC(C)(C)N(c1ccccc1)c1ccc(-n2c3ccccc3c3ccccc32)cc1. The topological polar surface area (TPSA) is 8.17 Å². The predicted octanol–water partition coefficient (Wildman–Crippen LogP) is 7.72. The van der Waals surface area contributed by atoms with Crippen molar-refractivity contribution >= 4 is 33.2 Å². The van der Waals surface area contributed by atoms with Crippen LogP contribution in [0.3, 0.4) is 0 Å². The van der Waals surface area contributed by atoms with E-state index in [9.17, 15) is 0 Å². The van der Waals surface area contributed by atoms with Gasteiger partial charge in [0.2, 0.25) is 0 Å². The summed E-state index contributed by atoms with van der Waals surface area (Å²) in [5, 5.41) is 2.58. The first-order chi connectivity index (χ1) is 14.5. The van der Waals surface area contributed by atoms with E-state index in [0.717, 1.165) is 0 Å². The summed E-state index contributed by atoms with van der Waals surface area (Å²) in [5.41, 5.74) is 6.02. The first-order valence-electron chi connectivity index (χ1n) is 10.5. The third kappa shape index (κ3) is 3.05. The maximum atomic E-state index is 2.39. The van der Waals surface area contributed by atoms with Crippen molar-refractivity contribution in [3.05, 3.63) is 103 Å². The normalized spacial score (nSPS) is 11.8. The number of benzene rings is 4. The molecule has 0 bridgehead atoms. The monoisotopic (exact) mass is 390 g/mol. The fourth-order valence-corrected chi connectivity index (χ4v) is 4.45. The molecule has 30 heavy (non-hydrogen) atoms. The molecule has 0 amide bonds. The minimum absolute atomic E-state index is 0.0320. The quantitative estimate of drug-likeness (QED) is 0.306. The van der Waals surface area contributed by atoms with Gasteiger partial charge in [-0.3, -0.25) is 0 Å². The third-order valence-electron chi connectivity index (χ3n) is 5.63. The highest BCUT2D eigenvalue weighted by atomic mass is 15.2. The zero-order chi connectivity index (χ0) is 20.7. The molecule has 5 aromatic rings. The van der Waals surface area contributed by atoms with Crippen molar-refractivity contribution in [3.63, 3.8) is 0 Å². The van der Waals surface area contributed by atoms with Gasteiger partial charge in [0.15, 0.2) is 0 Å². The highest BCUT2D eigenvalue weighted by molar-refractivity contribution is 6.09. The summed E-state index contributed by atoms with van der Waals surface area (Å²) in [7, 11) is 0. The van der Waals surface area contributed by atoms with Crippen molar-refractivity contribution in [2.45, 2.75) is 26.3 Å². The number of para-hydroxylation sites is 3. The molecule has 0 N–H and O–H groups in total. The smallest absolute Gasteiger partial charge is 0.0541 e. The van der Waals surface area contributed by atoms with Gasteiger partial charge in [-0.2, -0.15) is 0 Å². The Morgan fingerprint density at radius 3 is 1.53 bits per heavy atom. The summed E-state index contributed by atoms with van der Waals surface area (Å²) in [6.07, 6.45) is 0. The summed E-state index contributed by atoms with van der Waals surface area (Å²) in [6.45, 7) is 6.75. The maximum Gasteiger partial charge on any atom is 0.0541 e. The van der Waals surface area contributed by atoms with Gasteiger partial charge in [0.05, 0.1) is 11.0 Å². The summed E-state index contributed by atoms with van der Waals surface area (Å²) < 4.78 is 2.36. The van der Waals surface area contributed by atoms with Crippen LogP contribution in [0.15, 0.2) is 103 Å². The van der Waals surface area contributed by atoms with E-state index in [4.69, 9.17) is 0 Å². The molecular weight excluding hydrogens is 364 g/mol. The van der Waals surface area contributed by atoms with Gasteiger partial charge >= 0.3 is 0 Å². The largest absolute Gasteiger partial charge is 0.336 e. The van der Waals surface area contributed by atoms with E-state index in [-0.39, 0.29) is 5.54 Å². The molecule has 0 unspecified atom stereocenters. The Kier molecular flexibility index (Phi) is 4.36. The molecule has 0 saturated carbocycles. The number of aromatic nitrogens is 1. The van der Waals surface area contributed by atoms with Crippen LogP contribution in [0.5, 0.6) is 0 Å². The third-order valence-corrected chi connectivity index (χ3v) is 5.63. The van der Waals surface area contributed by atoms with Gasteiger partial charge in [0.1, 0.15) is 0 Å². The van der Waals surface area contributed by atoms with Crippen LogP contribution >= 0.6 is 0 Å². The predicted molar refractivity (Wildman–Crippen MR) is 129 cm³/mol. The Balaban J connectivity index is 1.65. The van der Waals surface area contributed by atoms with Crippen molar-refractivity contribution in [3.8, 4) is 5.69 Å². The van der Waals surface area contributed by atoms with E-state index >= 15 is 0 Å². The molecule has 0 aliphatic heterocycles. The van der Waals surface area contributed by atoms with Crippen molar-refractivity contribution in [1.82, 2.24) is 4.57 Å². The first kappa shape index (κ1) is 18.5. The summed E-state index contributed by atoms with van der Waals surface area (Å²) in [6, 6.07) is 36.8. The Hall–Kier alpha value is -3.52. The van der Waals surface area contributed by atoms with Crippen molar-refractivity contribution in [2.24, 2.45) is 0 Å². The molecule has 2 nitrogen and oxygen atoms in total. The highest BCUT2D eigenvalue weighted by Gasteiger charge is 2.23. The summed E-state index contributed by atoms with van der Waals surface area (Å²) in [5.74, 6) is 0. The van der Waals surface area contributed by atoms with Gasteiger partial charge in [-0.05, 0) is 69.3 Å². The zero-order valence-corrected chi connectivity index (χ0v) is 17.7. The highest BCUT2D eigenvalue weighted by Crippen LogP contribution is 2.35. The Morgan fingerprint density at radius 2 is 1.00 bits per heavy atom. The average molecular weight is 391 g/mol. The second-order valence-corrected chi connectivity index (χ2v) is 8.73. The minimum atomic E-state index is -0.0320. The lowest BCUT2D eigenvalue weighted by molar-refractivity contribution is 0.560. The van der Waals surface area contributed by atoms with Crippen molar-refractivity contribution < 1.29 is 0 Å². The van der Waals surface area contributed by atoms with Gasteiger partial charge in [-0.1, -0.05) is 54.6 Å². The molecule has 148 valence electrons. The van der Waals surface area contributed by atoms with E-state index in [2.05, 4.69) is 133 Å². The van der Waals surface area contributed by atoms with Crippen LogP contribution in [0.2, 0.25) is 0 Å². The molecular formula is C28H26N2. The number of rotatable bonds is 3. The number of hydrogen-bond acceptors (Lipinski definition) is 1. The molecule has 0 atom stereocenters. The van der Waals surface area contributed by atoms with Gasteiger partial charge in [0, 0.05) is 33.4 Å². The fourth-order valence-electron chi connectivity index (χ4n) is 4.45. The Bertz CT molecular complexity index is 1250. The van der Waals surface area contributed by atoms with Gasteiger partial charge in [-0.15, -0.1) is 0 Å². The van der Waals surface area contributed by atoms with Crippen LogP contribution in [0.1, 0.15) is 20.8 Å². The van der Waals surface area contributed by atoms with E-state index in [1.165, 1.54) is 38.9 Å². The lowest BCUT2D eigenvalue weighted by Gasteiger charge is -2.38. The molecule has 0 saturated heterocycles. The van der Waals surface area contributed by atoms with Gasteiger partial charge < -0.3 is 9.47 Å². The lowest BCUT2D eigenvalue weighted by Crippen LogP contribution is -2.37. The molecule has 0 radical (unpaired) electrons. The molecule has 5 rings (SSSR count). The molecule has 4 aromatic carbocycles. The number of fused-ring (bicyclic) bond motifs is 3. The fraction of sp³-hybridized carbons (Fsp3) is 0.143. The summed E-state index contributed by atoms with van der Waals surface area (Å²) >= 11 is 0. The second kappa shape index (κ2) is 7.07. The van der Waals surface area contributed by atoms with Crippen LogP contribution in [-0.2, 0) is 0 Å². The van der Waals surface area contributed by atoms with Crippen LogP contribution in [0.4, 0.5) is 11.4 Å². The van der Waals surface area contributed by atoms with E-state index < -0.39 is 0 Å². The summed E-state index contributed by atoms with van der Waals surface area (Å²) in [4.78, 5) is 2.39. The molecule has 0 aliphatic carbocycles. The number of anilines is 2. The number of nitrogens with zero attached hydrogens (tertiary/aromatic N) is 2. The Labute approximate surface area is 178 Å². The molecule has 2 heteroatoms. The van der Waals surface area contributed by atoms with Gasteiger partial charge in [-0.25, -0.2) is 0 Å². The van der Waals surface area contributed by atoms with Crippen molar-refractivity contribution in [1.29, 1.82) is 0 Å². The van der Waals surface area contributed by atoms with Crippen LogP contribution in [0.25, 0.3) is 27.5 Å². The molecule has 1 aromatic heterocycles. The van der Waals surface area contributed by atoms with Crippen LogP contribution in [-0.4, -0.2) is 10.1 Å². The van der Waals surface area contributed by atoms with Crippen LogP contribution in [0, 0.1) is 0 Å². The van der Waals surface area contributed by atoms with Crippen molar-refractivity contribution in [2.75, 3.05) is 4.90 Å². The van der Waals surface area contributed by atoms with Crippen LogP contribution < -0.4 is 4.90 Å². The molecule has 1 heterocycles. The zero-order valence-electron chi connectivity index (χ0n) is 17.7. The van der Waals surface area contributed by atoms with E-state index in [1.807, 2.05) is 0 Å². The standard InChI is InChI=1S/C28H26N2/c1-28(2,3)30(22-11-5-4-6-12-22)23-19-17-21(18-20-23)29-26-15-9-7-13-24(26)25-14-8-10-16-27(25)29/h4-20H,1-3H3. The first-order valence-corrected chi connectivity index (χ1v) is 10.5. The molecule has 0 fully saturated rings. The maximum absolute atomic E-state index is 2.39. The van der Waals surface area contributed by atoms with E-state index in [0.29, 0.717) is 0 Å². The number of hydrogen-bond donors (Lipinski definition) is 0. The minimum Gasteiger partial charge on any atom is -0.336 e. The molecule has 0 aliphatic rings. The van der Waals surface area contributed by atoms with E-state index in [1.54, 1.807) is 0 Å². The molecule has 0 spiro atoms. The average Bonchev–Trinajstić information content (AvgIpc) is 3.09. The van der Waals surface area contributed by atoms with Gasteiger partial charge in [0.25, 0.3) is 0 Å². The Morgan fingerprint density at radius 1 is 0.533 bits per heavy atom. The lowest BCUT2D eigenvalue weighted by atomic mass is 10.0.